The Morgan fingerprint density at radius 1 is 0.714 bits per heavy atom. The molecule has 0 aliphatic rings. The number of methoxy groups -OCH3 is 1. The molecule has 3 aromatic carbocycles. The SMILES string of the molecule is COCCOCCOc1ccccc1C(=Cc1ccccc1)c1ccccc1. The Kier molecular flexibility index (Phi) is 7.86. The van der Waals surface area contributed by atoms with E-state index in [4.69, 9.17) is 14.2 Å². The summed E-state index contributed by atoms with van der Waals surface area (Å²) < 4.78 is 16.6. The molecule has 0 aliphatic heterocycles. The first-order valence-electron chi connectivity index (χ1n) is 9.49. The lowest BCUT2D eigenvalue weighted by Gasteiger charge is -2.15. The van der Waals surface area contributed by atoms with Crippen LogP contribution in [0.1, 0.15) is 16.7 Å². The van der Waals surface area contributed by atoms with Gasteiger partial charge in [0.05, 0.1) is 19.8 Å². The van der Waals surface area contributed by atoms with E-state index in [1.54, 1.807) is 7.11 Å². The van der Waals surface area contributed by atoms with Gasteiger partial charge in [-0.2, -0.15) is 0 Å². The second kappa shape index (κ2) is 11.1. The molecule has 144 valence electrons. The standard InChI is InChI=1S/C25H26O3/c1-26-16-17-27-18-19-28-25-15-9-8-14-23(25)24(22-12-6-3-7-13-22)20-21-10-4-2-5-11-21/h2-15,20H,16-19H2,1H3. The van der Waals surface area contributed by atoms with Crippen molar-refractivity contribution in [1.82, 2.24) is 0 Å². The van der Waals surface area contributed by atoms with Crippen LogP contribution in [0.5, 0.6) is 5.75 Å². The van der Waals surface area contributed by atoms with E-state index < -0.39 is 0 Å². The molecule has 0 radical (unpaired) electrons. The van der Waals surface area contributed by atoms with Crippen LogP contribution in [0.25, 0.3) is 11.6 Å². The van der Waals surface area contributed by atoms with Crippen LogP contribution in [-0.4, -0.2) is 33.5 Å². The van der Waals surface area contributed by atoms with E-state index >= 15 is 0 Å². The third kappa shape index (κ3) is 5.81. The van der Waals surface area contributed by atoms with Crippen molar-refractivity contribution in [1.29, 1.82) is 0 Å². The van der Waals surface area contributed by atoms with E-state index in [9.17, 15) is 0 Å². The summed E-state index contributed by atoms with van der Waals surface area (Å²) >= 11 is 0. The van der Waals surface area contributed by atoms with Crippen LogP contribution in [0, 0.1) is 0 Å². The molecule has 0 amide bonds. The molecule has 0 atom stereocenters. The fraction of sp³-hybridized carbons (Fsp3) is 0.200. The maximum atomic E-state index is 6.05. The van der Waals surface area contributed by atoms with Crippen LogP contribution in [0.2, 0.25) is 0 Å². The molecule has 0 saturated heterocycles. The largest absolute Gasteiger partial charge is 0.491 e. The molecule has 3 aromatic rings. The lowest BCUT2D eigenvalue weighted by atomic mass is 9.95. The number of hydrogen-bond donors (Lipinski definition) is 0. The third-order valence-corrected chi connectivity index (χ3v) is 4.29. The molecule has 0 saturated carbocycles. The predicted molar refractivity (Wildman–Crippen MR) is 114 cm³/mol. The zero-order valence-electron chi connectivity index (χ0n) is 16.2. The number of hydrogen-bond acceptors (Lipinski definition) is 3. The van der Waals surface area contributed by atoms with Gasteiger partial charge >= 0.3 is 0 Å². The smallest absolute Gasteiger partial charge is 0.127 e. The molecule has 0 bridgehead atoms. The summed E-state index contributed by atoms with van der Waals surface area (Å²) in [4.78, 5) is 0. The number of benzene rings is 3. The predicted octanol–water partition coefficient (Wildman–Crippen LogP) is 5.32. The normalized spacial score (nSPS) is 11.4. The Labute approximate surface area is 167 Å². The minimum absolute atomic E-state index is 0.494. The lowest BCUT2D eigenvalue weighted by molar-refractivity contribution is 0.0544. The lowest BCUT2D eigenvalue weighted by Crippen LogP contribution is -2.10. The first-order valence-corrected chi connectivity index (χ1v) is 9.49. The molecule has 0 aliphatic carbocycles. The first-order chi connectivity index (χ1) is 13.9. The van der Waals surface area contributed by atoms with Crippen LogP contribution in [0.3, 0.4) is 0 Å². The average molecular weight is 374 g/mol. The van der Waals surface area contributed by atoms with E-state index in [-0.39, 0.29) is 0 Å². The maximum absolute atomic E-state index is 6.05. The molecule has 0 spiro atoms. The summed E-state index contributed by atoms with van der Waals surface area (Å²) in [7, 11) is 1.67. The third-order valence-electron chi connectivity index (χ3n) is 4.29. The highest BCUT2D eigenvalue weighted by Crippen LogP contribution is 2.32. The number of para-hydroxylation sites is 1. The second-order valence-electron chi connectivity index (χ2n) is 6.28. The van der Waals surface area contributed by atoms with Crippen molar-refractivity contribution < 1.29 is 14.2 Å². The molecule has 0 fully saturated rings. The number of rotatable bonds is 10. The van der Waals surface area contributed by atoms with Gasteiger partial charge in [-0.05, 0) is 28.8 Å². The Hall–Kier alpha value is -2.88. The van der Waals surface area contributed by atoms with E-state index in [0.29, 0.717) is 26.4 Å². The summed E-state index contributed by atoms with van der Waals surface area (Å²) in [6.45, 7) is 2.19. The summed E-state index contributed by atoms with van der Waals surface area (Å²) in [6.07, 6.45) is 2.20. The zero-order valence-corrected chi connectivity index (χ0v) is 16.2. The average Bonchev–Trinajstić information content (AvgIpc) is 2.76. The molecule has 3 rings (SSSR count). The zero-order chi connectivity index (χ0) is 19.4. The molecular formula is C25H26O3. The first kappa shape index (κ1) is 19.9. The highest BCUT2D eigenvalue weighted by atomic mass is 16.5. The fourth-order valence-corrected chi connectivity index (χ4v) is 2.92. The van der Waals surface area contributed by atoms with Gasteiger partial charge in [-0.25, -0.2) is 0 Å². The fourth-order valence-electron chi connectivity index (χ4n) is 2.92. The Bertz CT molecular complexity index is 857. The summed E-state index contributed by atoms with van der Waals surface area (Å²) in [5, 5.41) is 0. The van der Waals surface area contributed by atoms with E-state index in [2.05, 4.69) is 48.5 Å². The molecule has 0 N–H and O–H groups in total. The van der Waals surface area contributed by atoms with Gasteiger partial charge in [0.25, 0.3) is 0 Å². The summed E-state index contributed by atoms with van der Waals surface area (Å²) in [6, 6.07) is 28.9. The van der Waals surface area contributed by atoms with Gasteiger partial charge < -0.3 is 14.2 Å². The van der Waals surface area contributed by atoms with Gasteiger partial charge in [0, 0.05) is 12.7 Å². The molecule has 0 unspecified atom stereocenters. The summed E-state index contributed by atoms with van der Waals surface area (Å²) in [5.74, 6) is 0.851. The van der Waals surface area contributed by atoms with Crippen LogP contribution in [0.4, 0.5) is 0 Å². The van der Waals surface area contributed by atoms with Crippen LogP contribution >= 0.6 is 0 Å². The van der Waals surface area contributed by atoms with E-state index in [1.807, 2.05) is 42.5 Å². The Balaban J connectivity index is 1.86. The van der Waals surface area contributed by atoms with Gasteiger partial charge in [0.1, 0.15) is 12.4 Å². The Morgan fingerprint density at radius 3 is 2.11 bits per heavy atom. The van der Waals surface area contributed by atoms with Gasteiger partial charge in [0.2, 0.25) is 0 Å². The van der Waals surface area contributed by atoms with Gasteiger partial charge in [-0.1, -0.05) is 78.9 Å². The van der Waals surface area contributed by atoms with Crippen LogP contribution in [0.15, 0.2) is 84.9 Å². The van der Waals surface area contributed by atoms with Crippen LogP contribution in [-0.2, 0) is 9.47 Å². The van der Waals surface area contributed by atoms with Crippen molar-refractivity contribution in [3.63, 3.8) is 0 Å². The minimum Gasteiger partial charge on any atom is -0.491 e. The van der Waals surface area contributed by atoms with Crippen LogP contribution < -0.4 is 4.74 Å². The quantitative estimate of drug-likeness (QED) is 0.355. The van der Waals surface area contributed by atoms with E-state index in [1.165, 1.54) is 0 Å². The van der Waals surface area contributed by atoms with Gasteiger partial charge in [-0.15, -0.1) is 0 Å². The van der Waals surface area contributed by atoms with Gasteiger partial charge in [0.15, 0.2) is 0 Å². The highest BCUT2D eigenvalue weighted by Gasteiger charge is 2.11. The van der Waals surface area contributed by atoms with Crippen molar-refractivity contribution in [3.8, 4) is 5.75 Å². The molecule has 3 nitrogen and oxygen atoms in total. The van der Waals surface area contributed by atoms with Crippen molar-refractivity contribution in [3.05, 3.63) is 102 Å². The molecule has 0 heterocycles. The van der Waals surface area contributed by atoms with Crippen molar-refractivity contribution >= 4 is 11.6 Å². The Morgan fingerprint density at radius 2 is 1.36 bits per heavy atom. The van der Waals surface area contributed by atoms with E-state index in [0.717, 1.165) is 28.0 Å². The molecular weight excluding hydrogens is 348 g/mol. The summed E-state index contributed by atoms with van der Waals surface area (Å²) in [5.41, 5.74) is 4.50. The van der Waals surface area contributed by atoms with Crippen molar-refractivity contribution in [2.45, 2.75) is 0 Å². The van der Waals surface area contributed by atoms with Crippen molar-refractivity contribution in [2.24, 2.45) is 0 Å². The topological polar surface area (TPSA) is 27.7 Å². The molecule has 3 heteroatoms. The van der Waals surface area contributed by atoms with Crippen molar-refractivity contribution in [2.75, 3.05) is 33.5 Å². The number of ether oxygens (including phenoxy) is 3. The maximum Gasteiger partial charge on any atom is 0.127 e. The van der Waals surface area contributed by atoms with Gasteiger partial charge in [-0.3, -0.25) is 0 Å². The highest BCUT2D eigenvalue weighted by molar-refractivity contribution is 5.93. The molecule has 28 heavy (non-hydrogen) atoms. The second-order valence-corrected chi connectivity index (χ2v) is 6.28. The monoisotopic (exact) mass is 374 g/mol. The minimum atomic E-state index is 0.494. The molecule has 0 aromatic heterocycles.